The number of primary amides is 1. The number of nitrogens with zero attached hydrogens (tertiary/aromatic N) is 1. The number of nitrogens with two attached hydrogens (primary N) is 1. The predicted molar refractivity (Wildman–Crippen MR) is 199 cm³/mol. The molecule has 0 aliphatic rings. The molecule has 0 radical (unpaired) electrons. The number of rotatable bonds is 17. The van der Waals surface area contributed by atoms with Crippen LogP contribution >= 0.6 is 0 Å². The summed E-state index contributed by atoms with van der Waals surface area (Å²) < 4.78 is 11.2. The lowest BCUT2D eigenvalue weighted by Crippen LogP contribution is -2.57. The third-order valence-electron chi connectivity index (χ3n) is 7.84. The highest BCUT2D eigenvalue weighted by Crippen LogP contribution is 2.29. The summed E-state index contributed by atoms with van der Waals surface area (Å²) in [4.78, 5) is 69.6. The van der Waals surface area contributed by atoms with Crippen molar-refractivity contribution in [3.63, 3.8) is 0 Å². The van der Waals surface area contributed by atoms with E-state index in [1.807, 2.05) is 43.3 Å². The van der Waals surface area contributed by atoms with Gasteiger partial charge in [-0.3, -0.25) is 14.4 Å². The molecule has 0 saturated carbocycles. The first-order chi connectivity index (χ1) is 23.7. The molecule has 0 saturated heterocycles. The van der Waals surface area contributed by atoms with E-state index >= 15 is 0 Å². The molecule has 4 atom stereocenters. The standard InChI is InChI=1S/C40H58N4O7/c1-11-28-18-15-19-30(24-28)34(35(46)42-32(37(48)50-39(5,6)7)25-29-16-13-12-14-17-29)44(27(4)21-20-26(2)3)36(47)31(22-23-33(41)45)43-38(49)51-40(8,9)10/h11-19,24,26-27,31-32,34H,1,20-23,25H2,2-10H3,(H2,41,45)(H,42,46)(H,43,49). The quantitative estimate of drug-likeness (QED) is 0.164. The SMILES string of the molecule is C=Cc1cccc(C(C(=O)NC(Cc2ccccc2)C(=O)OC(C)(C)C)N(C(=O)C(CCC(N)=O)NC(=O)OC(C)(C)C)C(C)CCC(C)C)c1. The van der Waals surface area contributed by atoms with Crippen LogP contribution in [0.25, 0.3) is 6.08 Å². The second-order valence-electron chi connectivity index (χ2n) is 15.3. The molecule has 2 aromatic rings. The van der Waals surface area contributed by atoms with Crippen molar-refractivity contribution in [3.8, 4) is 0 Å². The van der Waals surface area contributed by atoms with Gasteiger partial charge in [-0.05, 0) is 96.4 Å². The van der Waals surface area contributed by atoms with Crippen molar-refractivity contribution >= 4 is 35.9 Å². The lowest BCUT2D eigenvalue weighted by molar-refractivity contribution is -0.159. The predicted octanol–water partition coefficient (Wildman–Crippen LogP) is 6.25. The average Bonchev–Trinajstić information content (AvgIpc) is 3.02. The van der Waals surface area contributed by atoms with Gasteiger partial charge in [0.2, 0.25) is 17.7 Å². The number of hydrogen-bond donors (Lipinski definition) is 3. The number of alkyl carbamates (subject to hydrolysis) is 1. The van der Waals surface area contributed by atoms with Crippen LogP contribution in [0.5, 0.6) is 0 Å². The third-order valence-corrected chi connectivity index (χ3v) is 7.84. The zero-order chi connectivity index (χ0) is 38.5. The third kappa shape index (κ3) is 15.0. The molecule has 4 amide bonds. The Bertz CT molecular complexity index is 1490. The summed E-state index contributed by atoms with van der Waals surface area (Å²) in [5.74, 6) is -2.24. The van der Waals surface area contributed by atoms with Crippen LogP contribution in [0.1, 0.15) is 111 Å². The fourth-order valence-electron chi connectivity index (χ4n) is 5.45. The topological polar surface area (TPSA) is 157 Å². The summed E-state index contributed by atoms with van der Waals surface area (Å²) >= 11 is 0. The highest BCUT2D eigenvalue weighted by atomic mass is 16.6. The molecule has 2 aromatic carbocycles. The minimum atomic E-state index is -1.27. The molecule has 0 aliphatic heterocycles. The van der Waals surface area contributed by atoms with E-state index in [0.717, 1.165) is 12.0 Å². The lowest BCUT2D eigenvalue weighted by Gasteiger charge is -2.39. The molecule has 11 heteroatoms. The fourth-order valence-corrected chi connectivity index (χ4v) is 5.45. The first-order valence-corrected chi connectivity index (χ1v) is 17.6. The Hall–Kier alpha value is -4.67. The van der Waals surface area contributed by atoms with Gasteiger partial charge < -0.3 is 30.7 Å². The number of carbonyl (C=O) groups excluding carboxylic acids is 5. The summed E-state index contributed by atoms with van der Waals surface area (Å²) in [6, 6.07) is 12.1. The largest absolute Gasteiger partial charge is 0.458 e. The Kier molecular flexibility index (Phi) is 15.9. The number of amides is 4. The molecule has 0 heterocycles. The van der Waals surface area contributed by atoms with E-state index in [2.05, 4.69) is 31.1 Å². The van der Waals surface area contributed by atoms with Gasteiger partial charge in [-0.25, -0.2) is 9.59 Å². The summed E-state index contributed by atoms with van der Waals surface area (Å²) in [6.07, 6.45) is 1.82. The molecule has 51 heavy (non-hydrogen) atoms. The smallest absolute Gasteiger partial charge is 0.408 e. The van der Waals surface area contributed by atoms with Gasteiger partial charge in [0.15, 0.2) is 0 Å². The van der Waals surface area contributed by atoms with Crippen LogP contribution in [0.4, 0.5) is 4.79 Å². The van der Waals surface area contributed by atoms with Crippen molar-refractivity contribution in [2.75, 3.05) is 0 Å². The van der Waals surface area contributed by atoms with Crippen molar-refractivity contribution in [1.82, 2.24) is 15.5 Å². The van der Waals surface area contributed by atoms with Crippen molar-refractivity contribution in [1.29, 1.82) is 0 Å². The average molecular weight is 707 g/mol. The highest BCUT2D eigenvalue weighted by Gasteiger charge is 2.40. The number of nitrogens with one attached hydrogen (secondary N) is 2. The Balaban J connectivity index is 2.77. The molecule has 280 valence electrons. The number of hydrogen-bond acceptors (Lipinski definition) is 7. The van der Waals surface area contributed by atoms with E-state index in [1.165, 1.54) is 4.90 Å². The Morgan fingerprint density at radius 3 is 2.00 bits per heavy atom. The lowest BCUT2D eigenvalue weighted by atomic mass is 9.95. The molecule has 0 spiro atoms. The normalized spacial score (nSPS) is 14.0. The molecule has 0 aromatic heterocycles. The number of ether oxygens (including phenoxy) is 2. The van der Waals surface area contributed by atoms with E-state index in [1.54, 1.807) is 65.8 Å². The summed E-state index contributed by atoms with van der Waals surface area (Å²) in [5, 5.41) is 5.55. The highest BCUT2D eigenvalue weighted by molar-refractivity contribution is 5.94. The van der Waals surface area contributed by atoms with Crippen LogP contribution < -0.4 is 16.4 Å². The van der Waals surface area contributed by atoms with Crippen molar-refractivity contribution < 1.29 is 33.4 Å². The Labute approximate surface area is 303 Å². The zero-order valence-corrected chi connectivity index (χ0v) is 31.8. The zero-order valence-electron chi connectivity index (χ0n) is 31.8. The first kappa shape index (κ1) is 42.5. The molecule has 2 rings (SSSR count). The molecule has 11 nitrogen and oxygen atoms in total. The Morgan fingerprint density at radius 2 is 1.45 bits per heavy atom. The van der Waals surface area contributed by atoms with Crippen LogP contribution in [0, 0.1) is 5.92 Å². The maximum absolute atomic E-state index is 14.8. The summed E-state index contributed by atoms with van der Waals surface area (Å²) in [6.45, 7) is 20.1. The van der Waals surface area contributed by atoms with Gasteiger partial charge >= 0.3 is 12.1 Å². The molecular formula is C40H58N4O7. The van der Waals surface area contributed by atoms with Gasteiger partial charge in [0.05, 0.1) is 0 Å². The first-order valence-electron chi connectivity index (χ1n) is 17.6. The minimum Gasteiger partial charge on any atom is -0.458 e. The number of benzene rings is 2. The summed E-state index contributed by atoms with van der Waals surface area (Å²) in [7, 11) is 0. The van der Waals surface area contributed by atoms with Crippen LogP contribution in [0.15, 0.2) is 61.2 Å². The maximum atomic E-state index is 14.8. The monoisotopic (exact) mass is 706 g/mol. The van der Waals surface area contributed by atoms with E-state index in [-0.39, 0.29) is 25.2 Å². The molecule has 4 N–H and O–H groups in total. The second-order valence-corrected chi connectivity index (χ2v) is 15.3. The maximum Gasteiger partial charge on any atom is 0.408 e. The molecule has 0 bridgehead atoms. The van der Waals surface area contributed by atoms with E-state index < -0.39 is 65.2 Å². The number of carbonyl (C=O) groups is 5. The van der Waals surface area contributed by atoms with E-state index in [4.69, 9.17) is 15.2 Å². The van der Waals surface area contributed by atoms with E-state index in [0.29, 0.717) is 17.5 Å². The van der Waals surface area contributed by atoms with Crippen molar-refractivity contribution in [2.45, 2.75) is 130 Å². The molecule has 4 unspecified atom stereocenters. The Morgan fingerprint density at radius 1 is 0.824 bits per heavy atom. The van der Waals surface area contributed by atoms with Gasteiger partial charge in [-0.1, -0.05) is 75.0 Å². The van der Waals surface area contributed by atoms with E-state index in [9.17, 15) is 24.0 Å². The van der Waals surface area contributed by atoms with Crippen LogP contribution in [0.2, 0.25) is 0 Å². The van der Waals surface area contributed by atoms with Crippen LogP contribution in [-0.4, -0.2) is 64.0 Å². The van der Waals surface area contributed by atoms with Crippen molar-refractivity contribution in [2.24, 2.45) is 11.7 Å². The van der Waals surface area contributed by atoms with Gasteiger partial charge in [0, 0.05) is 18.9 Å². The molecule has 0 aliphatic carbocycles. The second kappa shape index (κ2) is 19.1. The minimum absolute atomic E-state index is 0.129. The van der Waals surface area contributed by atoms with Crippen LogP contribution in [-0.2, 0) is 35.1 Å². The molecular weight excluding hydrogens is 648 g/mol. The fraction of sp³-hybridized carbons (Fsp3) is 0.525. The number of esters is 1. The molecule has 0 fully saturated rings. The van der Waals surface area contributed by atoms with Gasteiger partial charge in [-0.2, -0.15) is 0 Å². The van der Waals surface area contributed by atoms with Gasteiger partial charge in [-0.15, -0.1) is 0 Å². The van der Waals surface area contributed by atoms with Crippen molar-refractivity contribution in [3.05, 3.63) is 77.9 Å². The summed E-state index contributed by atoms with van der Waals surface area (Å²) in [5.41, 5.74) is 5.75. The van der Waals surface area contributed by atoms with Gasteiger partial charge in [0.1, 0.15) is 29.3 Å². The van der Waals surface area contributed by atoms with Gasteiger partial charge in [0.25, 0.3) is 0 Å². The van der Waals surface area contributed by atoms with Crippen LogP contribution in [0.3, 0.4) is 0 Å².